The summed E-state index contributed by atoms with van der Waals surface area (Å²) in [5.41, 5.74) is 4.57. The van der Waals surface area contributed by atoms with Crippen molar-refractivity contribution in [3.63, 3.8) is 0 Å². The highest BCUT2D eigenvalue weighted by Gasteiger charge is 2.17. The molecule has 1 fully saturated rings. The largest absolute Gasteiger partial charge is 0.360 e. The first kappa shape index (κ1) is 22.7. The van der Waals surface area contributed by atoms with Gasteiger partial charge in [-0.1, -0.05) is 26.0 Å². The zero-order chi connectivity index (χ0) is 22.4. The van der Waals surface area contributed by atoms with Gasteiger partial charge in [0.2, 0.25) is 5.91 Å². The number of anilines is 1. The Morgan fingerprint density at radius 1 is 1.32 bits per heavy atom. The van der Waals surface area contributed by atoms with E-state index in [9.17, 15) is 4.79 Å². The third kappa shape index (κ3) is 5.99. The van der Waals surface area contributed by atoms with Gasteiger partial charge in [0.25, 0.3) is 0 Å². The number of carbonyl (C=O) groups excluding carboxylic acids is 1. The predicted molar refractivity (Wildman–Crippen MR) is 125 cm³/mol. The van der Waals surface area contributed by atoms with Gasteiger partial charge in [-0.2, -0.15) is 5.10 Å². The molecule has 1 aromatic carbocycles. The fraction of sp³-hybridized carbons (Fsp3) is 0.522. The molecule has 1 aliphatic rings. The van der Waals surface area contributed by atoms with Gasteiger partial charge in [0.05, 0.1) is 18.8 Å². The molecular formula is C23H35N7O. The number of nitrogens with zero attached hydrogens (tertiary/aromatic N) is 5. The second-order valence-corrected chi connectivity index (χ2v) is 8.33. The number of rotatable bonds is 7. The highest BCUT2D eigenvalue weighted by Crippen LogP contribution is 2.19. The van der Waals surface area contributed by atoms with E-state index in [-0.39, 0.29) is 5.91 Å². The molecule has 1 saturated heterocycles. The van der Waals surface area contributed by atoms with Crippen LogP contribution in [0, 0.1) is 0 Å². The van der Waals surface area contributed by atoms with Gasteiger partial charge in [0.15, 0.2) is 5.96 Å². The van der Waals surface area contributed by atoms with Gasteiger partial charge in [-0.15, -0.1) is 0 Å². The number of hydrogen-bond donors (Lipinski definition) is 2. The number of carbonyl (C=O) groups is 1. The zero-order valence-corrected chi connectivity index (χ0v) is 19.4. The van der Waals surface area contributed by atoms with Crippen LogP contribution in [0.3, 0.4) is 0 Å². The molecule has 0 unspecified atom stereocenters. The third-order valence-electron chi connectivity index (χ3n) is 5.34. The Labute approximate surface area is 185 Å². The number of amides is 1. The average molecular weight is 426 g/mol. The molecule has 3 rings (SSSR count). The van der Waals surface area contributed by atoms with Gasteiger partial charge in [-0.25, -0.2) is 4.99 Å². The van der Waals surface area contributed by atoms with Crippen LogP contribution in [0.15, 0.2) is 35.5 Å². The quantitative estimate of drug-likeness (QED) is 0.525. The lowest BCUT2D eigenvalue weighted by atomic mass is 10.1. The number of aliphatic imine (C=N–C) groups is 1. The SMILES string of the molecule is CCNC(=NCc1ccc(N2CCNC(=O)C2)cc1)N(C)Cc1cn(C)nc1C(C)C. The number of aryl methyl sites for hydroxylation is 1. The fourth-order valence-corrected chi connectivity index (χ4v) is 3.80. The van der Waals surface area contributed by atoms with Crippen molar-refractivity contribution in [3.05, 3.63) is 47.3 Å². The van der Waals surface area contributed by atoms with E-state index in [1.54, 1.807) is 0 Å². The standard InChI is InChI=1S/C23H35N7O/c1-6-24-23(28(4)14-19-15-29(5)27-22(19)17(2)3)26-13-18-7-9-20(10-8-18)30-12-11-25-21(31)16-30/h7-10,15,17H,6,11-14,16H2,1-5H3,(H,24,26)(H,25,31). The summed E-state index contributed by atoms with van der Waals surface area (Å²) in [5, 5.41) is 10.9. The summed E-state index contributed by atoms with van der Waals surface area (Å²) in [6.45, 7) is 10.5. The maximum atomic E-state index is 11.6. The summed E-state index contributed by atoms with van der Waals surface area (Å²) in [4.78, 5) is 20.7. The molecule has 8 nitrogen and oxygen atoms in total. The average Bonchev–Trinajstić information content (AvgIpc) is 3.11. The summed E-state index contributed by atoms with van der Waals surface area (Å²) in [6.07, 6.45) is 2.09. The Kier molecular flexibility index (Phi) is 7.55. The smallest absolute Gasteiger partial charge is 0.239 e. The van der Waals surface area contributed by atoms with Gasteiger partial charge in [-0.3, -0.25) is 9.48 Å². The van der Waals surface area contributed by atoms with E-state index in [1.807, 2.05) is 11.7 Å². The summed E-state index contributed by atoms with van der Waals surface area (Å²) in [7, 11) is 4.03. The van der Waals surface area contributed by atoms with Crippen LogP contribution in [0.5, 0.6) is 0 Å². The first-order chi connectivity index (χ1) is 14.9. The molecule has 0 radical (unpaired) electrons. The Morgan fingerprint density at radius 3 is 2.71 bits per heavy atom. The molecule has 1 aliphatic heterocycles. The van der Waals surface area contributed by atoms with Gasteiger partial charge >= 0.3 is 0 Å². The molecule has 2 heterocycles. The molecule has 0 spiro atoms. The van der Waals surface area contributed by atoms with E-state index >= 15 is 0 Å². The highest BCUT2D eigenvalue weighted by atomic mass is 16.2. The number of benzene rings is 1. The molecule has 0 aliphatic carbocycles. The van der Waals surface area contributed by atoms with Crippen molar-refractivity contribution in [2.24, 2.45) is 12.0 Å². The number of nitrogens with one attached hydrogen (secondary N) is 2. The maximum Gasteiger partial charge on any atom is 0.239 e. The van der Waals surface area contributed by atoms with E-state index in [4.69, 9.17) is 4.99 Å². The molecule has 1 amide bonds. The lowest BCUT2D eigenvalue weighted by Gasteiger charge is -2.28. The summed E-state index contributed by atoms with van der Waals surface area (Å²) in [5.74, 6) is 1.33. The minimum absolute atomic E-state index is 0.0764. The van der Waals surface area contributed by atoms with Gasteiger partial charge < -0.3 is 20.4 Å². The monoisotopic (exact) mass is 425 g/mol. The Hall–Kier alpha value is -3.03. The highest BCUT2D eigenvalue weighted by molar-refractivity contribution is 5.82. The van der Waals surface area contributed by atoms with Crippen molar-refractivity contribution in [1.29, 1.82) is 0 Å². The number of piperazine rings is 1. The predicted octanol–water partition coefficient (Wildman–Crippen LogP) is 2.08. The molecule has 31 heavy (non-hydrogen) atoms. The van der Waals surface area contributed by atoms with Crippen molar-refractivity contribution in [3.8, 4) is 0 Å². The minimum Gasteiger partial charge on any atom is -0.360 e. The fourth-order valence-electron chi connectivity index (χ4n) is 3.80. The van der Waals surface area contributed by atoms with Crippen LogP contribution < -0.4 is 15.5 Å². The summed E-state index contributed by atoms with van der Waals surface area (Å²) < 4.78 is 1.89. The minimum atomic E-state index is 0.0764. The second-order valence-electron chi connectivity index (χ2n) is 8.33. The van der Waals surface area contributed by atoms with Crippen LogP contribution in [0.25, 0.3) is 0 Å². The normalized spacial score (nSPS) is 14.7. The molecule has 0 bridgehead atoms. The molecule has 0 atom stereocenters. The summed E-state index contributed by atoms with van der Waals surface area (Å²) >= 11 is 0. The summed E-state index contributed by atoms with van der Waals surface area (Å²) in [6, 6.07) is 8.33. The Bertz CT molecular complexity index is 901. The topological polar surface area (TPSA) is 77.8 Å². The van der Waals surface area contributed by atoms with Crippen LogP contribution in [0.4, 0.5) is 5.69 Å². The number of hydrogen-bond acceptors (Lipinski definition) is 4. The van der Waals surface area contributed by atoms with E-state index in [0.717, 1.165) is 42.5 Å². The lowest BCUT2D eigenvalue weighted by molar-refractivity contribution is -0.120. The molecule has 1 aromatic heterocycles. The first-order valence-corrected chi connectivity index (χ1v) is 11.0. The zero-order valence-electron chi connectivity index (χ0n) is 19.4. The van der Waals surface area contributed by atoms with Crippen LogP contribution in [-0.4, -0.2) is 59.8 Å². The molecule has 8 heteroatoms. The van der Waals surface area contributed by atoms with Crippen molar-refractivity contribution in [2.45, 2.75) is 39.8 Å². The molecule has 2 aromatic rings. The van der Waals surface area contributed by atoms with E-state index < -0.39 is 0 Å². The van der Waals surface area contributed by atoms with Crippen LogP contribution in [0.2, 0.25) is 0 Å². The Morgan fingerprint density at radius 2 is 2.06 bits per heavy atom. The Balaban J connectivity index is 1.67. The maximum absolute atomic E-state index is 11.6. The molecule has 168 valence electrons. The number of aromatic nitrogens is 2. The van der Waals surface area contributed by atoms with Crippen LogP contribution >= 0.6 is 0 Å². The van der Waals surface area contributed by atoms with Crippen molar-refractivity contribution < 1.29 is 4.79 Å². The molecule has 0 saturated carbocycles. The van der Waals surface area contributed by atoms with E-state index in [2.05, 4.69) is 83.8 Å². The van der Waals surface area contributed by atoms with E-state index in [1.165, 1.54) is 5.56 Å². The van der Waals surface area contributed by atoms with Crippen molar-refractivity contribution in [2.75, 3.05) is 38.1 Å². The van der Waals surface area contributed by atoms with Crippen molar-refractivity contribution in [1.82, 2.24) is 25.3 Å². The second kappa shape index (κ2) is 10.3. The van der Waals surface area contributed by atoms with Crippen molar-refractivity contribution >= 4 is 17.6 Å². The third-order valence-corrected chi connectivity index (χ3v) is 5.34. The van der Waals surface area contributed by atoms with Gasteiger partial charge in [0, 0.05) is 57.7 Å². The van der Waals surface area contributed by atoms with Crippen LogP contribution in [-0.2, 0) is 24.9 Å². The van der Waals surface area contributed by atoms with Crippen LogP contribution in [0.1, 0.15) is 43.5 Å². The first-order valence-electron chi connectivity index (χ1n) is 11.0. The molecular weight excluding hydrogens is 390 g/mol. The lowest BCUT2D eigenvalue weighted by Crippen LogP contribution is -2.47. The van der Waals surface area contributed by atoms with E-state index in [0.29, 0.717) is 25.6 Å². The van der Waals surface area contributed by atoms with Gasteiger partial charge in [-0.05, 0) is 30.5 Å². The van der Waals surface area contributed by atoms with Gasteiger partial charge in [0.1, 0.15) is 0 Å². The number of guanidine groups is 1. The molecule has 2 N–H and O–H groups in total.